The van der Waals surface area contributed by atoms with Gasteiger partial charge in [-0.1, -0.05) is 12.1 Å². The van der Waals surface area contributed by atoms with Gasteiger partial charge in [0.25, 0.3) is 0 Å². The van der Waals surface area contributed by atoms with E-state index in [4.69, 9.17) is 0 Å². The molecule has 30 heavy (non-hydrogen) atoms. The van der Waals surface area contributed by atoms with Gasteiger partial charge < -0.3 is 15.1 Å². The molecule has 2 aliphatic heterocycles. The van der Waals surface area contributed by atoms with Crippen molar-refractivity contribution in [1.29, 1.82) is 0 Å². The SMILES string of the molecule is C[C@@H](NC(=O)C1CCN(c2cncnc2N2CCCCC2)CC1)c1ccc(F)cc1. The second-order valence-corrected chi connectivity index (χ2v) is 8.32. The number of anilines is 2. The Labute approximate surface area is 177 Å². The lowest BCUT2D eigenvalue weighted by molar-refractivity contribution is -0.126. The lowest BCUT2D eigenvalue weighted by Gasteiger charge is -2.36. The van der Waals surface area contributed by atoms with Gasteiger partial charge in [-0.25, -0.2) is 14.4 Å². The molecule has 1 atom stereocenters. The molecule has 3 heterocycles. The lowest BCUT2D eigenvalue weighted by Crippen LogP contribution is -2.42. The van der Waals surface area contributed by atoms with E-state index in [2.05, 4.69) is 25.1 Å². The van der Waals surface area contributed by atoms with Crippen LogP contribution in [0.25, 0.3) is 0 Å². The maximum absolute atomic E-state index is 13.1. The van der Waals surface area contributed by atoms with Crippen LogP contribution in [0.4, 0.5) is 15.9 Å². The average molecular weight is 412 g/mol. The molecule has 160 valence electrons. The molecule has 0 unspecified atom stereocenters. The second kappa shape index (κ2) is 9.41. The molecule has 1 N–H and O–H groups in total. The molecule has 1 aromatic carbocycles. The van der Waals surface area contributed by atoms with Crippen molar-refractivity contribution in [2.45, 2.75) is 45.1 Å². The van der Waals surface area contributed by atoms with E-state index in [-0.39, 0.29) is 23.7 Å². The molecule has 0 bridgehead atoms. The number of aromatic nitrogens is 2. The van der Waals surface area contributed by atoms with Crippen LogP contribution >= 0.6 is 0 Å². The zero-order valence-corrected chi connectivity index (χ0v) is 17.6. The van der Waals surface area contributed by atoms with Crippen molar-refractivity contribution >= 4 is 17.4 Å². The van der Waals surface area contributed by atoms with Crippen molar-refractivity contribution in [3.05, 3.63) is 48.2 Å². The maximum atomic E-state index is 13.1. The van der Waals surface area contributed by atoms with Crippen molar-refractivity contribution in [3.63, 3.8) is 0 Å². The molecular formula is C23H30FN5O. The molecule has 2 aromatic rings. The first kappa shape index (κ1) is 20.6. The van der Waals surface area contributed by atoms with Crippen LogP contribution in [0.1, 0.15) is 50.6 Å². The monoisotopic (exact) mass is 411 g/mol. The number of rotatable bonds is 5. The molecule has 2 aliphatic rings. The first-order valence-electron chi connectivity index (χ1n) is 11.0. The highest BCUT2D eigenvalue weighted by molar-refractivity contribution is 5.79. The summed E-state index contributed by atoms with van der Waals surface area (Å²) in [6, 6.07) is 6.17. The Morgan fingerprint density at radius 3 is 2.47 bits per heavy atom. The third-order valence-corrected chi connectivity index (χ3v) is 6.26. The first-order valence-corrected chi connectivity index (χ1v) is 11.0. The van der Waals surface area contributed by atoms with Gasteiger partial charge in [0.1, 0.15) is 12.1 Å². The van der Waals surface area contributed by atoms with Crippen LogP contribution in [0.3, 0.4) is 0 Å². The topological polar surface area (TPSA) is 61.4 Å². The third-order valence-electron chi connectivity index (χ3n) is 6.26. The number of carbonyl (C=O) groups is 1. The van der Waals surface area contributed by atoms with Crippen molar-refractivity contribution in [2.24, 2.45) is 5.92 Å². The molecule has 1 amide bonds. The summed E-state index contributed by atoms with van der Waals surface area (Å²) in [5, 5.41) is 3.09. The molecule has 0 radical (unpaired) electrons. The second-order valence-electron chi connectivity index (χ2n) is 8.32. The fourth-order valence-electron chi connectivity index (χ4n) is 4.44. The molecule has 0 saturated carbocycles. The van der Waals surface area contributed by atoms with Crippen LogP contribution in [-0.4, -0.2) is 42.1 Å². The summed E-state index contributed by atoms with van der Waals surface area (Å²) in [6.45, 7) is 5.66. The highest BCUT2D eigenvalue weighted by Gasteiger charge is 2.28. The number of piperidine rings is 2. The molecule has 6 nitrogen and oxygen atoms in total. The fourth-order valence-corrected chi connectivity index (χ4v) is 4.44. The number of nitrogens with one attached hydrogen (secondary N) is 1. The van der Waals surface area contributed by atoms with E-state index in [1.54, 1.807) is 18.5 Å². The van der Waals surface area contributed by atoms with Crippen LogP contribution in [0.2, 0.25) is 0 Å². The molecular weight excluding hydrogens is 381 g/mol. The van der Waals surface area contributed by atoms with E-state index in [0.29, 0.717) is 0 Å². The Bertz CT molecular complexity index is 845. The predicted molar refractivity (Wildman–Crippen MR) is 116 cm³/mol. The lowest BCUT2D eigenvalue weighted by atomic mass is 9.95. The standard InChI is InChI=1S/C23H30FN5O/c1-17(18-5-7-20(24)8-6-18)27-23(30)19-9-13-28(14-10-19)21-15-25-16-26-22(21)29-11-3-2-4-12-29/h5-8,15-17,19H,2-4,9-14H2,1H3,(H,27,30)/t17-/m1/s1. The van der Waals surface area contributed by atoms with Crippen LogP contribution in [-0.2, 0) is 4.79 Å². The van der Waals surface area contributed by atoms with Gasteiger partial charge >= 0.3 is 0 Å². The zero-order valence-electron chi connectivity index (χ0n) is 17.6. The van der Waals surface area contributed by atoms with Crippen LogP contribution in [0, 0.1) is 11.7 Å². The van der Waals surface area contributed by atoms with Crippen molar-refractivity contribution in [1.82, 2.24) is 15.3 Å². The zero-order chi connectivity index (χ0) is 20.9. The number of hydrogen-bond donors (Lipinski definition) is 1. The van der Waals surface area contributed by atoms with Gasteiger partial charge in [-0.05, 0) is 56.7 Å². The van der Waals surface area contributed by atoms with E-state index in [1.165, 1.54) is 31.4 Å². The summed E-state index contributed by atoms with van der Waals surface area (Å²) in [5.41, 5.74) is 1.99. The average Bonchev–Trinajstić information content (AvgIpc) is 2.80. The van der Waals surface area contributed by atoms with Gasteiger partial charge in [-0.3, -0.25) is 4.79 Å². The van der Waals surface area contributed by atoms with Crippen LogP contribution in [0.15, 0.2) is 36.8 Å². The van der Waals surface area contributed by atoms with Crippen molar-refractivity contribution < 1.29 is 9.18 Å². The minimum atomic E-state index is -0.265. The smallest absolute Gasteiger partial charge is 0.223 e. The minimum Gasteiger partial charge on any atom is -0.367 e. The fraction of sp³-hybridized carbons (Fsp3) is 0.522. The van der Waals surface area contributed by atoms with Gasteiger partial charge in [0, 0.05) is 32.1 Å². The van der Waals surface area contributed by atoms with Gasteiger partial charge in [-0.2, -0.15) is 0 Å². The van der Waals surface area contributed by atoms with Crippen molar-refractivity contribution in [2.75, 3.05) is 36.0 Å². The van der Waals surface area contributed by atoms with Gasteiger partial charge in [0.2, 0.25) is 5.91 Å². The Morgan fingerprint density at radius 1 is 1.07 bits per heavy atom. The Kier molecular flexibility index (Phi) is 6.45. The molecule has 0 aliphatic carbocycles. The van der Waals surface area contributed by atoms with E-state index in [1.807, 2.05) is 13.1 Å². The number of hydrogen-bond acceptors (Lipinski definition) is 5. The summed E-state index contributed by atoms with van der Waals surface area (Å²) < 4.78 is 13.1. The quantitative estimate of drug-likeness (QED) is 0.813. The summed E-state index contributed by atoms with van der Waals surface area (Å²) in [7, 11) is 0. The van der Waals surface area contributed by atoms with Crippen LogP contribution in [0.5, 0.6) is 0 Å². The molecule has 4 rings (SSSR count). The Balaban J connectivity index is 1.35. The Morgan fingerprint density at radius 2 is 1.77 bits per heavy atom. The number of halogens is 1. The van der Waals surface area contributed by atoms with E-state index in [9.17, 15) is 9.18 Å². The van der Waals surface area contributed by atoms with Crippen LogP contribution < -0.4 is 15.1 Å². The number of carbonyl (C=O) groups excluding carboxylic acids is 1. The molecule has 1 aromatic heterocycles. The molecule has 0 spiro atoms. The number of amides is 1. The molecule has 2 fully saturated rings. The summed E-state index contributed by atoms with van der Waals surface area (Å²) in [4.78, 5) is 26.3. The third kappa shape index (κ3) is 4.71. The van der Waals surface area contributed by atoms with E-state index < -0.39 is 0 Å². The summed E-state index contributed by atoms with van der Waals surface area (Å²) in [5.74, 6) is 0.829. The van der Waals surface area contributed by atoms with Gasteiger partial charge in [-0.15, -0.1) is 0 Å². The minimum absolute atomic E-state index is 0.00721. The molecule has 7 heteroatoms. The largest absolute Gasteiger partial charge is 0.367 e. The van der Waals surface area contributed by atoms with Gasteiger partial charge in [0.05, 0.1) is 17.9 Å². The van der Waals surface area contributed by atoms with E-state index >= 15 is 0 Å². The van der Waals surface area contributed by atoms with E-state index in [0.717, 1.165) is 56.1 Å². The van der Waals surface area contributed by atoms with Crippen molar-refractivity contribution in [3.8, 4) is 0 Å². The molecule has 2 saturated heterocycles. The number of nitrogens with zero attached hydrogens (tertiary/aromatic N) is 4. The maximum Gasteiger partial charge on any atom is 0.223 e. The van der Waals surface area contributed by atoms with Gasteiger partial charge in [0.15, 0.2) is 5.82 Å². The summed E-state index contributed by atoms with van der Waals surface area (Å²) in [6.07, 6.45) is 8.84. The highest BCUT2D eigenvalue weighted by atomic mass is 19.1. The number of benzene rings is 1. The highest BCUT2D eigenvalue weighted by Crippen LogP contribution is 2.31. The summed E-state index contributed by atoms with van der Waals surface area (Å²) >= 11 is 0. The first-order chi connectivity index (χ1) is 14.6. The Hall–Kier alpha value is -2.70. The normalized spacial score (nSPS) is 18.9. The predicted octanol–water partition coefficient (Wildman–Crippen LogP) is 3.70.